The summed E-state index contributed by atoms with van der Waals surface area (Å²) < 4.78 is 32.4. The average Bonchev–Trinajstić information content (AvgIpc) is 2.55. The third kappa shape index (κ3) is 7.21. The lowest BCUT2D eigenvalue weighted by atomic mass is 10.2. The number of ether oxygens (including phenoxy) is 1. The molecule has 0 aromatic heterocycles. The van der Waals surface area contributed by atoms with Gasteiger partial charge < -0.3 is 10.1 Å². The number of nitrogens with one attached hydrogen (secondary N) is 2. The molecular formula is C16H26N2O4S2. The van der Waals surface area contributed by atoms with Crippen LogP contribution >= 0.6 is 11.8 Å². The van der Waals surface area contributed by atoms with Crippen molar-refractivity contribution in [2.45, 2.75) is 30.7 Å². The molecule has 1 unspecified atom stereocenters. The number of rotatable bonds is 11. The minimum atomic E-state index is -3.73. The highest BCUT2D eigenvalue weighted by molar-refractivity contribution is 7.98. The van der Waals surface area contributed by atoms with Gasteiger partial charge in [0.25, 0.3) is 0 Å². The van der Waals surface area contributed by atoms with Crippen molar-refractivity contribution >= 4 is 27.7 Å². The number of carbonyl (C=O) groups excluding carboxylic acids is 1. The number of hydrogen-bond acceptors (Lipinski definition) is 5. The van der Waals surface area contributed by atoms with Crippen molar-refractivity contribution in [2.75, 3.05) is 32.3 Å². The second kappa shape index (κ2) is 10.7. The lowest BCUT2D eigenvalue weighted by Gasteiger charge is -2.18. The highest BCUT2D eigenvalue weighted by Gasteiger charge is 2.25. The van der Waals surface area contributed by atoms with E-state index >= 15 is 0 Å². The summed E-state index contributed by atoms with van der Waals surface area (Å²) in [5.74, 6) is 0.378. The van der Waals surface area contributed by atoms with Crippen LogP contribution in [-0.2, 0) is 19.6 Å². The highest BCUT2D eigenvalue weighted by atomic mass is 32.2. The van der Waals surface area contributed by atoms with Gasteiger partial charge in [0.1, 0.15) is 6.04 Å². The molecule has 0 bridgehead atoms. The maximum atomic E-state index is 12.5. The van der Waals surface area contributed by atoms with Crippen molar-refractivity contribution in [3.8, 4) is 0 Å². The van der Waals surface area contributed by atoms with Crippen LogP contribution in [0.5, 0.6) is 0 Å². The monoisotopic (exact) mass is 374 g/mol. The molecule has 2 N–H and O–H groups in total. The van der Waals surface area contributed by atoms with Crippen LogP contribution in [0.4, 0.5) is 0 Å². The molecule has 0 spiro atoms. The van der Waals surface area contributed by atoms with E-state index in [4.69, 9.17) is 4.74 Å². The summed E-state index contributed by atoms with van der Waals surface area (Å²) in [6.07, 6.45) is 3.03. The molecule has 0 aliphatic heterocycles. The van der Waals surface area contributed by atoms with Crippen molar-refractivity contribution in [1.29, 1.82) is 0 Å². The van der Waals surface area contributed by atoms with Gasteiger partial charge in [0.15, 0.2) is 0 Å². The molecule has 0 fully saturated rings. The Morgan fingerprint density at radius 2 is 1.96 bits per heavy atom. The van der Waals surface area contributed by atoms with Crippen LogP contribution in [0.2, 0.25) is 0 Å². The fourth-order valence-corrected chi connectivity index (χ4v) is 3.70. The van der Waals surface area contributed by atoms with Crippen molar-refractivity contribution in [3.63, 3.8) is 0 Å². The number of aryl methyl sites for hydroxylation is 1. The Kier molecular flexibility index (Phi) is 9.35. The van der Waals surface area contributed by atoms with Gasteiger partial charge in [-0.15, -0.1) is 0 Å². The number of thioether (sulfide) groups is 1. The highest BCUT2D eigenvalue weighted by Crippen LogP contribution is 2.12. The molecule has 1 aromatic carbocycles. The minimum Gasteiger partial charge on any atom is -0.385 e. The van der Waals surface area contributed by atoms with E-state index in [1.54, 1.807) is 43.1 Å². The fourth-order valence-electron chi connectivity index (χ4n) is 2.00. The van der Waals surface area contributed by atoms with Crippen LogP contribution in [-0.4, -0.2) is 52.6 Å². The summed E-state index contributed by atoms with van der Waals surface area (Å²) in [7, 11) is -2.14. The van der Waals surface area contributed by atoms with E-state index < -0.39 is 16.1 Å². The zero-order valence-electron chi connectivity index (χ0n) is 14.4. The molecule has 1 aromatic rings. The SMILES string of the molecule is COCCCNC(=O)C(CCSC)NS(=O)(=O)c1ccc(C)cc1. The molecule has 0 aliphatic rings. The molecule has 0 radical (unpaired) electrons. The summed E-state index contributed by atoms with van der Waals surface area (Å²) >= 11 is 1.57. The van der Waals surface area contributed by atoms with Crippen molar-refractivity contribution in [3.05, 3.63) is 29.8 Å². The van der Waals surface area contributed by atoms with Gasteiger partial charge in [-0.25, -0.2) is 8.42 Å². The molecule has 0 heterocycles. The Labute approximate surface area is 148 Å². The lowest BCUT2D eigenvalue weighted by Crippen LogP contribution is -2.47. The average molecular weight is 375 g/mol. The zero-order valence-corrected chi connectivity index (χ0v) is 16.0. The molecule has 1 amide bonds. The van der Waals surface area contributed by atoms with Crippen LogP contribution in [0.25, 0.3) is 0 Å². The first-order valence-electron chi connectivity index (χ1n) is 7.75. The van der Waals surface area contributed by atoms with Crippen LogP contribution in [0.1, 0.15) is 18.4 Å². The third-order valence-electron chi connectivity index (χ3n) is 3.38. The van der Waals surface area contributed by atoms with E-state index in [1.165, 1.54) is 0 Å². The summed E-state index contributed by atoms with van der Waals surface area (Å²) in [6.45, 7) is 2.89. The van der Waals surface area contributed by atoms with E-state index in [9.17, 15) is 13.2 Å². The first-order chi connectivity index (χ1) is 11.4. The predicted molar refractivity (Wildman–Crippen MR) is 97.8 cm³/mol. The first-order valence-corrected chi connectivity index (χ1v) is 10.6. The number of hydrogen-bond donors (Lipinski definition) is 2. The first kappa shape index (κ1) is 21.0. The summed E-state index contributed by atoms with van der Waals surface area (Å²) in [5, 5.41) is 2.75. The Hall–Kier alpha value is -1.09. The molecule has 6 nitrogen and oxygen atoms in total. The van der Waals surface area contributed by atoms with Gasteiger partial charge in [-0.05, 0) is 43.9 Å². The smallest absolute Gasteiger partial charge is 0.241 e. The maximum Gasteiger partial charge on any atom is 0.241 e. The van der Waals surface area contributed by atoms with Gasteiger partial charge in [-0.3, -0.25) is 4.79 Å². The van der Waals surface area contributed by atoms with Crippen LogP contribution < -0.4 is 10.0 Å². The molecule has 0 aliphatic carbocycles. The second-order valence-electron chi connectivity index (χ2n) is 5.41. The van der Waals surface area contributed by atoms with Gasteiger partial charge >= 0.3 is 0 Å². The number of methoxy groups -OCH3 is 1. The third-order valence-corrected chi connectivity index (χ3v) is 5.51. The molecule has 0 saturated heterocycles. The fraction of sp³-hybridized carbons (Fsp3) is 0.562. The van der Waals surface area contributed by atoms with Gasteiger partial charge in [0.05, 0.1) is 4.90 Å². The standard InChI is InChI=1S/C16H26N2O4S2/c1-13-5-7-14(8-6-13)24(20,21)18-15(9-12-23-3)16(19)17-10-4-11-22-2/h5-8,15,18H,4,9-12H2,1-3H3,(H,17,19). The van der Waals surface area contributed by atoms with Crippen LogP contribution in [0.15, 0.2) is 29.2 Å². The summed E-state index contributed by atoms with van der Waals surface area (Å²) in [5.41, 5.74) is 0.976. The van der Waals surface area contributed by atoms with Crippen molar-refractivity contribution in [2.24, 2.45) is 0 Å². The molecule has 136 valence electrons. The van der Waals surface area contributed by atoms with Gasteiger partial charge in [0, 0.05) is 20.3 Å². The molecule has 8 heteroatoms. The molecule has 24 heavy (non-hydrogen) atoms. The van der Waals surface area contributed by atoms with E-state index in [0.29, 0.717) is 31.7 Å². The van der Waals surface area contributed by atoms with Crippen LogP contribution in [0, 0.1) is 6.92 Å². The summed E-state index contributed by atoms with van der Waals surface area (Å²) in [6, 6.07) is 5.76. The molecular weight excluding hydrogens is 348 g/mol. The largest absolute Gasteiger partial charge is 0.385 e. The number of benzene rings is 1. The van der Waals surface area contributed by atoms with Gasteiger partial charge in [-0.2, -0.15) is 16.5 Å². The topological polar surface area (TPSA) is 84.5 Å². The Balaban J connectivity index is 2.76. The number of sulfonamides is 1. The number of amides is 1. The predicted octanol–water partition coefficient (Wildman–Crippen LogP) is 1.55. The van der Waals surface area contributed by atoms with Gasteiger partial charge in [0.2, 0.25) is 15.9 Å². The Morgan fingerprint density at radius 1 is 1.29 bits per heavy atom. The van der Waals surface area contributed by atoms with Gasteiger partial charge in [-0.1, -0.05) is 17.7 Å². The van der Waals surface area contributed by atoms with E-state index in [2.05, 4.69) is 10.0 Å². The second-order valence-corrected chi connectivity index (χ2v) is 8.11. The summed E-state index contributed by atoms with van der Waals surface area (Å²) in [4.78, 5) is 12.4. The van der Waals surface area contributed by atoms with Crippen molar-refractivity contribution < 1.29 is 17.9 Å². The van der Waals surface area contributed by atoms with E-state index in [-0.39, 0.29) is 10.8 Å². The Bertz CT molecular complexity index is 603. The number of carbonyl (C=O) groups is 1. The van der Waals surface area contributed by atoms with E-state index in [0.717, 1.165) is 5.56 Å². The maximum absolute atomic E-state index is 12.5. The lowest BCUT2D eigenvalue weighted by molar-refractivity contribution is -0.122. The van der Waals surface area contributed by atoms with Crippen LogP contribution in [0.3, 0.4) is 0 Å². The zero-order chi connectivity index (χ0) is 18.0. The normalized spacial score (nSPS) is 12.8. The molecule has 1 rings (SSSR count). The Morgan fingerprint density at radius 3 is 2.54 bits per heavy atom. The quantitative estimate of drug-likeness (QED) is 0.574. The van der Waals surface area contributed by atoms with Crippen molar-refractivity contribution in [1.82, 2.24) is 10.0 Å². The molecule has 1 atom stereocenters. The molecule has 0 saturated carbocycles. The van der Waals surface area contributed by atoms with E-state index in [1.807, 2.05) is 13.2 Å². The minimum absolute atomic E-state index is 0.162.